The molecule has 7 heteroatoms. The number of hydrogen-bond donors (Lipinski definition) is 1. The Morgan fingerprint density at radius 1 is 0.931 bits per heavy atom. The van der Waals surface area contributed by atoms with Gasteiger partial charge in [0.2, 0.25) is 0 Å². The summed E-state index contributed by atoms with van der Waals surface area (Å²) < 4.78 is 11.1. The van der Waals surface area contributed by atoms with Gasteiger partial charge in [-0.05, 0) is 44.3 Å². The highest BCUT2D eigenvalue weighted by molar-refractivity contribution is 6.09. The van der Waals surface area contributed by atoms with E-state index in [1.54, 1.807) is 12.1 Å². The second kappa shape index (κ2) is 8.13. The van der Waals surface area contributed by atoms with Crippen LogP contribution in [0.5, 0.6) is 11.5 Å². The molecule has 2 aliphatic rings. The minimum atomic E-state index is -0.269. The molecule has 0 atom stereocenters. The average molecular weight is 395 g/mol. The third kappa shape index (κ3) is 4.19. The monoisotopic (exact) mass is 395 g/mol. The molecule has 0 spiro atoms. The summed E-state index contributed by atoms with van der Waals surface area (Å²) in [4.78, 5) is 29.4. The van der Waals surface area contributed by atoms with E-state index in [2.05, 4.69) is 22.2 Å². The van der Waals surface area contributed by atoms with Gasteiger partial charge in [0.25, 0.3) is 5.91 Å². The van der Waals surface area contributed by atoms with Crippen molar-refractivity contribution in [2.24, 2.45) is 0 Å². The van der Waals surface area contributed by atoms with Crippen molar-refractivity contribution in [1.29, 1.82) is 0 Å². The number of likely N-dealkylation sites (N-methyl/N-ethyl adjacent to an activating group) is 1. The van der Waals surface area contributed by atoms with Crippen LogP contribution in [0.1, 0.15) is 27.6 Å². The van der Waals surface area contributed by atoms with Crippen LogP contribution in [-0.2, 0) is 0 Å². The maximum Gasteiger partial charge on any atom is 0.255 e. The molecule has 0 aromatic heterocycles. The van der Waals surface area contributed by atoms with Crippen LogP contribution in [0.25, 0.3) is 0 Å². The van der Waals surface area contributed by atoms with Crippen LogP contribution in [0.2, 0.25) is 0 Å². The van der Waals surface area contributed by atoms with Crippen LogP contribution >= 0.6 is 0 Å². The number of anilines is 2. The first-order chi connectivity index (χ1) is 14.0. The fourth-order valence-electron chi connectivity index (χ4n) is 3.57. The number of ketones is 1. The molecule has 0 radical (unpaired) electrons. The van der Waals surface area contributed by atoms with Crippen LogP contribution in [0.3, 0.4) is 0 Å². The molecule has 1 saturated heterocycles. The number of hydrogen-bond acceptors (Lipinski definition) is 6. The number of rotatable bonds is 4. The highest BCUT2D eigenvalue weighted by atomic mass is 16.6. The van der Waals surface area contributed by atoms with Crippen LogP contribution in [0, 0.1) is 0 Å². The van der Waals surface area contributed by atoms with E-state index in [1.807, 2.05) is 24.3 Å². The standard InChI is InChI=1S/C22H25N3O4/c1-15(26)18-13-20-21(29-12-11-28-20)14-19(18)23-22(27)16-3-5-17(6-4-16)25-9-7-24(2)8-10-25/h3-6,13-14H,7-12H2,1-2H3,(H,23,27). The van der Waals surface area contributed by atoms with Crippen LogP contribution in [0.4, 0.5) is 11.4 Å². The van der Waals surface area contributed by atoms with E-state index >= 15 is 0 Å². The Balaban J connectivity index is 1.51. The Morgan fingerprint density at radius 3 is 2.17 bits per heavy atom. The topological polar surface area (TPSA) is 71.1 Å². The first-order valence-corrected chi connectivity index (χ1v) is 9.81. The van der Waals surface area contributed by atoms with Gasteiger partial charge in [0, 0.05) is 49.1 Å². The molecule has 0 unspecified atom stereocenters. The summed E-state index contributed by atoms with van der Waals surface area (Å²) in [6.45, 7) is 6.35. The molecule has 7 nitrogen and oxygen atoms in total. The van der Waals surface area contributed by atoms with Gasteiger partial charge in [-0.3, -0.25) is 9.59 Å². The molecule has 0 aliphatic carbocycles. The van der Waals surface area contributed by atoms with Crippen molar-refractivity contribution in [2.45, 2.75) is 6.92 Å². The molecule has 4 rings (SSSR count). The third-order valence-electron chi connectivity index (χ3n) is 5.31. The van der Waals surface area contributed by atoms with Crippen LogP contribution in [0.15, 0.2) is 36.4 Å². The van der Waals surface area contributed by atoms with Crippen molar-refractivity contribution in [3.63, 3.8) is 0 Å². The molecule has 29 heavy (non-hydrogen) atoms. The molecule has 0 bridgehead atoms. The second-order valence-corrected chi connectivity index (χ2v) is 7.39. The number of Topliss-reactive ketones (excluding diaryl/α,β-unsaturated/α-hetero) is 1. The lowest BCUT2D eigenvalue weighted by Gasteiger charge is -2.34. The fourth-order valence-corrected chi connectivity index (χ4v) is 3.57. The molecule has 2 aromatic carbocycles. The first kappa shape index (κ1) is 19.3. The second-order valence-electron chi connectivity index (χ2n) is 7.39. The minimum Gasteiger partial charge on any atom is -0.486 e. The molecule has 1 N–H and O–H groups in total. The summed E-state index contributed by atoms with van der Waals surface area (Å²) in [5.41, 5.74) is 2.47. The number of piperazine rings is 1. The summed E-state index contributed by atoms with van der Waals surface area (Å²) in [5.74, 6) is 0.634. The average Bonchev–Trinajstić information content (AvgIpc) is 2.74. The predicted molar refractivity (Wildman–Crippen MR) is 112 cm³/mol. The lowest BCUT2D eigenvalue weighted by atomic mass is 10.1. The quantitative estimate of drug-likeness (QED) is 0.803. The Bertz CT molecular complexity index is 918. The third-order valence-corrected chi connectivity index (χ3v) is 5.31. The van der Waals surface area contributed by atoms with Crippen molar-refractivity contribution < 1.29 is 19.1 Å². The zero-order valence-corrected chi connectivity index (χ0v) is 16.7. The Kier molecular flexibility index (Phi) is 5.40. The fraction of sp³-hybridized carbons (Fsp3) is 0.364. The van der Waals surface area contributed by atoms with Gasteiger partial charge in [0.1, 0.15) is 13.2 Å². The normalized spacial score (nSPS) is 16.4. The molecular formula is C22H25N3O4. The number of carbonyl (C=O) groups excluding carboxylic acids is 2. The molecular weight excluding hydrogens is 370 g/mol. The molecule has 2 heterocycles. The number of amides is 1. The van der Waals surface area contributed by atoms with Gasteiger partial charge in [0.05, 0.1) is 5.69 Å². The van der Waals surface area contributed by atoms with E-state index < -0.39 is 0 Å². The molecule has 1 amide bonds. The maximum absolute atomic E-state index is 12.8. The predicted octanol–water partition coefficient (Wildman–Crippen LogP) is 2.66. The number of benzene rings is 2. The van der Waals surface area contributed by atoms with Gasteiger partial charge in [-0.2, -0.15) is 0 Å². The van der Waals surface area contributed by atoms with E-state index in [1.165, 1.54) is 6.92 Å². The zero-order valence-electron chi connectivity index (χ0n) is 16.7. The van der Waals surface area contributed by atoms with E-state index in [0.717, 1.165) is 31.9 Å². The van der Waals surface area contributed by atoms with E-state index in [0.29, 0.717) is 41.5 Å². The highest BCUT2D eigenvalue weighted by Crippen LogP contribution is 2.36. The van der Waals surface area contributed by atoms with Crippen molar-refractivity contribution >= 4 is 23.1 Å². The summed E-state index contributed by atoms with van der Waals surface area (Å²) in [6, 6.07) is 10.8. The highest BCUT2D eigenvalue weighted by Gasteiger charge is 2.20. The van der Waals surface area contributed by atoms with Crippen molar-refractivity contribution in [1.82, 2.24) is 4.90 Å². The summed E-state index contributed by atoms with van der Waals surface area (Å²) in [6.07, 6.45) is 0. The summed E-state index contributed by atoms with van der Waals surface area (Å²) in [7, 11) is 2.12. The summed E-state index contributed by atoms with van der Waals surface area (Å²) in [5, 5.41) is 2.85. The van der Waals surface area contributed by atoms with E-state index in [4.69, 9.17) is 9.47 Å². The Labute approximate surface area is 170 Å². The lowest BCUT2D eigenvalue weighted by molar-refractivity contribution is 0.101. The SMILES string of the molecule is CC(=O)c1cc2c(cc1NC(=O)c1ccc(N3CCN(C)CC3)cc1)OCCO2. The Hall–Kier alpha value is -3.06. The van der Waals surface area contributed by atoms with Gasteiger partial charge in [-0.25, -0.2) is 0 Å². The van der Waals surface area contributed by atoms with Gasteiger partial charge in [0.15, 0.2) is 17.3 Å². The van der Waals surface area contributed by atoms with Crippen molar-refractivity contribution in [3.8, 4) is 11.5 Å². The van der Waals surface area contributed by atoms with Gasteiger partial charge in [-0.1, -0.05) is 0 Å². The lowest BCUT2D eigenvalue weighted by Crippen LogP contribution is -2.44. The van der Waals surface area contributed by atoms with E-state index in [9.17, 15) is 9.59 Å². The van der Waals surface area contributed by atoms with Gasteiger partial charge in [-0.15, -0.1) is 0 Å². The number of carbonyl (C=O) groups is 2. The maximum atomic E-state index is 12.8. The van der Waals surface area contributed by atoms with Gasteiger partial charge >= 0.3 is 0 Å². The zero-order chi connectivity index (χ0) is 20.4. The number of nitrogens with one attached hydrogen (secondary N) is 1. The smallest absolute Gasteiger partial charge is 0.255 e. The number of ether oxygens (including phenoxy) is 2. The molecule has 2 aliphatic heterocycles. The van der Waals surface area contributed by atoms with Crippen molar-refractivity contribution in [3.05, 3.63) is 47.5 Å². The van der Waals surface area contributed by atoms with Crippen molar-refractivity contribution in [2.75, 3.05) is 56.7 Å². The van der Waals surface area contributed by atoms with Gasteiger partial charge < -0.3 is 24.6 Å². The molecule has 2 aromatic rings. The Morgan fingerprint density at radius 2 is 1.55 bits per heavy atom. The number of fused-ring (bicyclic) bond motifs is 1. The molecule has 152 valence electrons. The molecule has 1 fully saturated rings. The van der Waals surface area contributed by atoms with E-state index in [-0.39, 0.29) is 11.7 Å². The summed E-state index contributed by atoms with van der Waals surface area (Å²) >= 11 is 0. The molecule has 0 saturated carbocycles. The van der Waals surface area contributed by atoms with Crippen LogP contribution in [-0.4, -0.2) is 63.0 Å². The first-order valence-electron chi connectivity index (χ1n) is 9.81. The largest absolute Gasteiger partial charge is 0.486 e. The van der Waals surface area contributed by atoms with Crippen LogP contribution < -0.4 is 19.7 Å². The number of nitrogens with zero attached hydrogens (tertiary/aromatic N) is 2. The minimum absolute atomic E-state index is 0.150.